The van der Waals surface area contributed by atoms with E-state index in [1.165, 1.54) is 12.3 Å². The Morgan fingerprint density at radius 2 is 2.05 bits per heavy atom. The Labute approximate surface area is 113 Å². The number of pyridine rings is 1. The van der Waals surface area contributed by atoms with Crippen molar-refractivity contribution in [2.45, 2.75) is 31.0 Å². The van der Waals surface area contributed by atoms with Crippen LogP contribution in [0.5, 0.6) is 0 Å². The normalized spacial score (nSPS) is 14.2. The molecule has 0 spiro atoms. The molecule has 0 aromatic carbocycles. The fourth-order valence-corrected chi connectivity index (χ4v) is 1.61. The Bertz CT molecular complexity index is 497. The summed E-state index contributed by atoms with van der Waals surface area (Å²) in [6, 6.07) is 4.69. The molecule has 1 unspecified atom stereocenters. The van der Waals surface area contributed by atoms with Crippen molar-refractivity contribution in [3.05, 3.63) is 40.5 Å². The molecule has 7 heteroatoms. The van der Waals surface area contributed by atoms with Crippen molar-refractivity contribution < 1.29 is 13.2 Å². The molecular weight excluding hydrogens is 279 g/mol. The smallest absolute Gasteiger partial charge is 0.294 e. The molecule has 1 atom stereocenters. The van der Waals surface area contributed by atoms with Gasteiger partial charge in [0.1, 0.15) is 5.15 Å². The van der Waals surface area contributed by atoms with Crippen molar-refractivity contribution >= 4 is 11.6 Å². The first-order valence-corrected chi connectivity index (χ1v) is 5.65. The average molecular weight is 288 g/mol. The van der Waals surface area contributed by atoms with Crippen molar-refractivity contribution in [2.24, 2.45) is 0 Å². The molecule has 1 aromatic rings. The van der Waals surface area contributed by atoms with Crippen molar-refractivity contribution in [3.8, 4) is 6.07 Å². The van der Waals surface area contributed by atoms with Crippen LogP contribution in [0.3, 0.4) is 0 Å². The van der Waals surface area contributed by atoms with Gasteiger partial charge in [-0.3, -0.25) is 4.85 Å². The highest BCUT2D eigenvalue weighted by Gasteiger charge is 2.41. The summed E-state index contributed by atoms with van der Waals surface area (Å²) >= 11 is 5.59. The summed E-state index contributed by atoms with van der Waals surface area (Å²) in [5, 5.41) is 9.25. The zero-order valence-electron chi connectivity index (χ0n) is 9.71. The van der Waals surface area contributed by atoms with Gasteiger partial charge < -0.3 is 0 Å². The third-order valence-electron chi connectivity index (χ3n) is 2.53. The van der Waals surface area contributed by atoms with Gasteiger partial charge in [0.05, 0.1) is 12.8 Å². The van der Waals surface area contributed by atoms with Crippen LogP contribution in [0.2, 0.25) is 5.15 Å². The average Bonchev–Trinajstić information content (AvgIpc) is 2.36. The van der Waals surface area contributed by atoms with Crippen LogP contribution < -0.4 is 0 Å². The van der Waals surface area contributed by atoms with Crippen LogP contribution in [-0.2, 0) is 6.42 Å². The van der Waals surface area contributed by atoms with Crippen LogP contribution in [0.15, 0.2) is 18.3 Å². The summed E-state index contributed by atoms with van der Waals surface area (Å²) in [6.07, 6.45) is -4.85. The Morgan fingerprint density at radius 1 is 1.37 bits per heavy atom. The molecule has 0 saturated heterocycles. The molecule has 0 aliphatic rings. The number of nitrogens with zero attached hydrogens (tertiary/aromatic N) is 3. The van der Waals surface area contributed by atoms with Crippen molar-refractivity contribution in [3.63, 3.8) is 0 Å². The minimum Gasteiger partial charge on any atom is -0.294 e. The summed E-state index contributed by atoms with van der Waals surface area (Å²) in [6.45, 7) is 7.00. The second kappa shape index (κ2) is 5.90. The molecule has 1 aromatic heterocycles. The zero-order chi connectivity index (χ0) is 14.5. The van der Waals surface area contributed by atoms with E-state index in [0.717, 1.165) is 0 Å². The van der Waals surface area contributed by atoms with Crippen molar-refractivity contribution in [1.82, 2.24) is 4.98 Å². The van der Waals surface area contributed by atoms with Gasteiger partial charge in [-0.15, -0.1) is 0 Å². The molecule has 1 rings (SSSR count). The second-order valence-corrected chi connectivity index (χ2v) is 4.42. The van der Waals surface area contributed by atoms with Gasteiger partial charge in [-0.05, 0) is 11.6 Å². The molecule has 0 aliphatic heterocycles. The van der Waals surface area contributed by atoms with Crippen LogP contribution in [-0.4, -0.2) is 16.7 Å². The Morgan fingerprint density at radius 3 is 2.47 bits per heavy atom. The van der Waals surface area contributed by atoms with Gasteiger partial charge in [0.15, 0.2) is 6.07 Å². The Hall–Kier alpha value is -1.79. The molecule has 0 radical (unpaired) electrons. The molecule has 0 N–H and O–H groups in total. The highest BCUT2D eigenvalue weighted by Crippen LogP contribution is 2.30. The fourth-order valence-electron chi connectivity index (χ4n) is 1.50. The van der Waals surface area contributed by atoms with E-state index in [2.05, 4.69) is 9.83 Å². The van der Waals surface area contributed by atoms with E-state index in [0.29, 0.717) is 5.56 Å². The largest absolute Gasteiger partial charge is 0.389 e. The topological polar surface area (TPSA) is 41.0 Å². The van der Waals surface area contributed by atoms with Crippen LogP contribution in [0.4, 0.5) is 13.2 Å². The van der Waals surface area contributed by atoms with E-state index >= 15 is 0 Å². The van der Waals surface area contributed by atoms with Gasteiger partial charge in [-0.2, -0.15) is 18.4 Å². The third kappa shape index (κ3) is 4.76. The minimum atomic E-state index is -4.38. The number of halogens is 4. The number of nitriles is 1. The van der Waals surface area contributed by atoms with Gasteiger partial charge in [-0.25, -0.2) is 11.6 Å². The highest BCUT2D eigenvalue weighted by atomic mass is 35.5. The van der Waals surface area contributed by atoms with E-state index in [1.54, 1.807) is 12.1 Å². The minimum absolute atomic E-state index is 0.104. The zero-order valence-corrected chi connectivity index (χ0v) is 10.5. The van der Waals surface area contributed by atoms with Crippen molar-refractivity contribution in [2.75, 3.05) is 0 Å². The van der Waals surface area contributed by atoms with E-state index in [1.807, 2.05) is 0 Å². The predicted molar refractivity (Wildman–Crippen MR) is 63.2 cm³/mol. The maximum atomic E-state index is 12.2. The second-order valence-electron chi connectivity index (χ2n) is 4.04. The lowest BCUT2D eigenvalue weighted by Gasteiger charge is -2.15. The maximum Gasteiger partial charge on any atom is 0.389 e. The molecule has 0 saturated carbocycles. The summed E-state index contributed by atoms with van der Waals surface area (Å²) in [4.78, 5) is 6.86. The predicted octanol–water partition coefficient (Wildman–Crippen LogP) is 3.80. The fraction of sp³-hybridized carbons (Fsp3) is 0.417. The van der Waals surface area contributed by atoms with E-state index < -0.39 is 24.6 Å². The van der Waals surface area contributed by atoms with Gasteiger partial charge >= 0.3 is 11.7 Å². The third-order valence-corrected chi connectivity index (χ3v) is 2.75. The van der Waals surface area contributed by atoms with Gasteiger partial charge in [-0.1, -0.05) is 17.7 Å². The molecule has 100 valence electrons. The lowest BCUT2D eigenvalue weighted by Crippen LogP contribution is -2.28. The van der Waals surface area contributed by atoms with E-state index in [-0.39, 0.29) is 11.6 Å². The lowest BCUT2D eigenvalue weighted by atomic mass is 9.89. The molecule has 19 heavy (non-hydrogen) atoms. The first-order chi connectivity index (χ1) is 8.80. The number of aromatic nitrogens is 1. The summed E-state index contributed by atoms with van der Waals surface area (Å²) in [7, 11) is 0. The van der Waals surface area contributed by atoms with Crippen LogP contribution in [0.1, 0.15) is 18.4 Å². The van der Waals surface area contributed by atoms with E-state index in [9.17, 15) is 13.2 Å². The lowest BCUT2D eigenvalue weighted by molar-refractivity contribution is -0.136. The molecule has 0 amide bonds. The summed E-state index contributed by atoms with van der Waals surface area (Å²) < 4.78 is 36.6. The van der Waals surface area contributed by atoms with Gasteiger partial charge in [0.25, 0.3) is 0 Å². The first-order valence-electron chi connectivity index (χ1n) is 5.27. The molecular formula is C12H9ClF3N3. The maximum absolute atomic E-state index is 12.2. The molecule has 0 fully saturated rings. The van der Waals surface area contributed by atoms with Crippen LogP contribution >= 0.6 is 11.6 Å². The monoisotopic (exact) mass is 287 g/mol. The van der Waals surface area contributed by atoms with Gasteiger partial charge in [0, 0.05) is 12.6 Å². The Balaban J connectivity index is 2.86. The standard InChI is InChI=1S/C12H9ClF3N3/c1-18-11(8-17,4-5-12(14,15)16)6-9-2-3-10(13)19-7-9/h2-3,7H,4-6H2. The molecule has 0 bridgehead atoms. The number of hydrogen-bond acceptors (Lipinski definition) is 2. The van der Waals surface area contributed by atoms with Gasteiger partial charge in [0.2, 0.25) is 0 Å². The van der Waals surface area contributed by atoms with E-state index in [4.69, 9.17) is 23.4 Å². The number of hydrogen-bond donors (Lipinski definition) is 0. The van der Waals surface area contributed by atoms with Crippen LogP contribution in [0, 0.1) is 17.9 Å². The van der Waals surface area contributed by atoms with Crippen LogP contribution in [0.25, 0.3) is 4.85 Å². The molecule has 1 heterocycles. The summed E-state index contributed by atoms with van der Waals surface area (Å²) in [5.74, 6) is 0. The first kappa shape index (κ1) is 15.3. The van der Waals surface area contributed by atoms with Crippen molar-refractivity contribution in [1.29, 1.82) is 5.26 Å². The number of alkyl halides is 3. The highest BCUT2D eigenvalue weighted by molar-refractivity contribution is 6.29. The number of rotatable bonds is 4. The molecule has 0 aliphatic carbocycles. The quantitative estimate of drug-likeness (QED) is 0.624. The SMILES string of the molecule is [C-]#[N+]C(C#N)(CCC(F)(F)F)Cc1ccc(Cl)nc1. The summed E-state index contributed by atoms with van der Waals surface area (Å²) in [5.41, 5.74) is -1.21. The molecule has 3 nitrogen and oxygen atoms in total. The Kier molecular flexibility index (Phi) is 4.74.